The van der Waals surface area contributed by atoms with Crippen molar-refractivity contribution in [3.63, 3.8) is 0 Å². The first-order chi connectivity index (χ1) is 5.77. The second-order valence-corrected chi connectivity index (χ2v) is 4.25. The van der Waals surface area contributed by atoms with Crippen molar-refractivity contribution in [1.29, 1.82) is 0 Å². The Bertz CT molecular complexity index is 116. The third kappa shape index (κ3) is 2.48. The molecule has 0 bridgehead atoms. The number of hydrogen-bond donors (Lipinski definition) is 1. The molecule has 0 spiro atoms. The van der Waals surface area contributed by atoms with Crippen molar-refractivity contribution >= 4 is 0 Å². The summed E-state index contributed by atoms with van der Waals surface area (Å²) in [6.45, 7) is 8.04. The summed E-state index contributed by atoms with van der Waals surface area (Å²) in [5.74, 6) is 1.99. The first kappa shape index (κ1) is 10.0. The van der Waals surface area contributed by atoms with Crippen LogP contribution in [0, 0.1) is 11.8 Å². The van der Waals surface area contributed by atoms with E-state index < -0.39 is 0 Å². The largest absolute Gasteiger partial charge is 0.314 e. The normalized spacial score (nSPS) is 31.2. The van der Waals surface area contributed by atoms with Gasteiger partial charge in [-0.3, -0.25) is 0 Å². The maximum atomic E-state index is 3.51. The van der Waals surface area contributed by atoms with Crippen LogP contribution in [0.4, 0.5) is 0 Å². The van der Waals surface area contributed by atoms with Gasteiger partial charge in [-0.15, -0.1) is 0 Å². The molecule has 1 rings (SSSR count). The van der Waals surface area contributed by atoms with Crippen LogP contribution in [0.3, 0.4) is 0 Å². The van der Waals surface area contributed by atoms with Gasteiger partial charge >= 0.3 is 0 Å². The fourth-order valence-corrected chi connectivity index (χ4v) is 2.27. The van der Waals surface area contributed by atoms with E-state index in [1.54, 1.807) is 0 Å². The quantitative estimate of drug-likeness (QED) is 0.667. The maximum Gasteiger partial charge on any atom is 0.00724 e. The molecule has 0 aromatic heterocycles. The zero-order chi connectivity index (χ0) is 8.97. The second-order valence-electron chi connectivity index (χ2n) is 4.25. The predicted octanol–water partition coefficient (Wildman–Crippen LogP) is 2.81. The summed E-state index contributed by atoms with van der Waals surface area (Å²) in [5.41, 5.74) is 0. The summed E-state index contributed by atoms with van der Waals surface area (Å²) in [6, 6.07) is 0.847. The molecule has 0 amide bonds. The van der Waals surface area contributed by atoms with Gasteiger partial charge in [0.1, 0.15) is 0 Å². The Labute approximate surface area is 76.9 Å². The first-order valence-electron chi connectivity index (χ1n) is 5.51. The van der Waals surface area contributed by atoms with E-state index in [0.717, 1.165) is 24.4 Å². The smallest absolute Gasteiger partial charge is 0.00724 e. The molecule has 1 saturated carbocycles. The molecule has 72 valence electrons. The molecule has 0 heterocycles. The van der Waals surface area contributed by atoms with Gasteiger partial charge in [-0.25, -0.2) is 0 Å². The van der Waals surface area contributed by atoms with E-state index in [1.165, 1.54) is 25.7 Å². The van der Waals surface area contributed by atoms with Crippen molar-refractivity contribution in [2.24, 2.45) is 11.8 Å². The summed E-state index contributed by atoms with van der Waals surface area (Å²) in [5, 5.41) is 3.51. The second kappa shape index (κ2) is 4.86. The van der Waals surface area contributed by atoms with Gasteiger partial charge in [-0.2, -0.15) is 0 Å². The van der Waals surface area contributed by atoms with Gasteiger partial charge < -0.3 is 5.32 Å². The molecule has 0 aromatic carbocycles. The van der Waals surface area contributed by atoms with Crippen molar-refractivity contribution in [1.82, 2.24) is 5.32 Å². The third-order valence-corrected chi connectivity index (χ3v) is 3.22. The van der Waals surface area contributed by atoms with Crippen molar-refractivity contribution < 1.29 is 0 Å². The van der Waals surface area contributed by atoms with Crippen LogP contribution in [0.25, 0.3) is 0 Å². The van der Waals surface area contributed by atoms with E-state index >= 15 is 0 Å². The van der Waals surface area contributed by atoms with Crippen molar-refractivity contribution in [3.05, 3.63) is 0 Å². The molecule has 1 unspecified atom stereocenters. The molecule has 1 aliphatic carbocycles. The lowest BCUT2D eigenvalue weighted by atomic mass is 9.72. The molecule has 1 heteroatoms. The van der Waals surface area contributed by atoms with Crippen LogP contribution in [0.5, 0.6) is 0 Å². The molecule has 1 fully saturated rings. The number of nitrogens with one attached hydrogen (secondary N) is 1. The SMILES string of the molecule is CCCC(C)C1CC(NCC)C1. The molecule has 0 aromatic rings. The summed E-state index contributed by atoms with van der Waals surface area (Å²) in [6.07, 6.45) is 5.62. The lowest BCUT2D eigenvalue weighted by molar-refractivity contribution is 0.154. The molecule has 1 N–H and O–H groups in total. The summed E-state index contributed by atoms with van der Waals surface area (Å²) >= 11 is 0. The zero-order valence-corrected chi connectivity index (χ0v) is 8.77. The minimum atomic E-state index is 0.847. The standard InChI is InChI=1S/C11H23N/c1-4-6-9(3)10-7-11(8-10)12-5-2/h9-12H,4-8H2,1-3H3. The fourth-order valence-electron chi connectivity index (χ4n) is 2.27. The van der Waals surface area contributed by atoms with Crippen molar-refractivity contribution in [3.8, 4) is 0 Å². The molecule has 1 aliphatic rings. The third-order valence-electron chi connectivity index (χ3n) is 3.22. The Kier molecular flexibility index (Phi) is 4.07. The first-order valence-corrected chi connectivity index (χ1v) is 5.51. The molecule has 0 saturated heterocycles. The van der Waals surface area contributed by atoms with Gasteiger partial charge in [0.05, 0.1) is 0 Å². The zero-order valence-electron chi connectivity index (χ0n) is 8.77. The molecule has 0 radical (unpaired) electrons. The Morgan fingerprint density at radius 3 is 2.50 bits per heavy atom. The van der Waals surface area contributed by atoms with Crippen LogP contribution >= 0.6 is 0 Å². The van der Waals surface area contributed by atoms with Crippen LogP contribution < -0.4 is 5.32 Å². The lowest BCUT2D eigenvalue weighted by Gasteiger charge is -2.39. The van der Waals surface area contributed by atoms with Gasteiger partial charge in [0, 0.05) is 6.04 Å². The average molecular weight is 169 g/mol. The molecular formula is C11H23N. The van der Waals surface area contributed by atoms with Crippen LogP contribution in [-0.2, 0) is 0 Å². The molecular weight excluding hydrogens is 146 g/mol. The van der Waals surface area contributed by atoms with E-state index in [9.17, 15) is 0 Å². The predicted molar refractivity (Wildman–Crippen MR) is 54.3 cm³/mol. The van der Waals surface area contributed by atoms with Gasteiger partial charge in [0.15, 0.2) is 0 Å². The van der Waals surface area contributed by atoms with Crippen LogP contribution in [0.2, 0.25) is 0 Å². The maximum absolute atomic E-state index is 3.51. The summed E-state index contributed by atoms with van der Waals surface area (Å²) in [4.78, 5) is 0. The topological polar surface area (TPSA) is 12.0 Å². The van der Waals surface area contributed by atoms with Crippen molar-refractivity contribution in [2.75, 3.05) is 6.54 Å². The van der Waals surface area contributed by atoms with Gasteiger partial charge in [0.25, 0.3) is 0 Å². The molecule has 12 heavy (non-hydrogen) atoms. The number of rotatable bonds is 5. The van der Waals surface area contributed by atoms with Crippen LogP contribution in [-0.4, -0.2) is 12.6 Å². The highest BCUT2D eigenvalue weighted by Gasteiger charge is 2.31. The van der Waals surface area contributed by atoms with Gasteiger partial charge in [-0.05, 0) is 31.2 Å². The highest BCUT2D eigenvalue weighted by molar-refractivity contribution is 4.87. The fraction of sp³-hybridized carbons (Fsp3) is 1.00. The van der Waals surface area contributed by atoms with Gasteiger partial charge in [0.2, 0.25) is 0 Å². The minimum Gasteiger partial charge on any atom is -0.314 e. The van der Waals surface area contributed by atoms with Crippen molar-refractivity contribution in [2.45, 2.75) is 52.5 Å². The Hall–Kier alpha value is -0.0400. The monoisotopic (exact) mass is 169 g/mol. The van der Waals surface area contributed by atoms with Crippen LogP contribution in [0.1, 0.15) is 46.5 Å². The van der Waals surface area contributed by atoms with Crippen LogP contribution in [0.15, 0.2) is 0 Å². The van der Waals surface area contributed by atoms with E-state index in [-0.39, 0.29) is 0 Å². The van der Waals surface area contributed by atoms with E-state index in [4.69, 9.17) is 0 Å². The summed E-state index contributed by atoms with van der Waals surface area (Å²) < 4.78 is 0. The Balaban J connectivity index is 2.07. The highest BCUT2D eigenvalue weighted by Crippen LogP contribution is 2.35. The Morgan fingerprint density at radius 2 is 2.00 bits per heavy atom. The highest BCUT2D eigenvalue weighted by atomic mass is 14.9. The van der Waals surface area contributed by atoms with E-state index in [0.29, 0.717) is 0 Å². The average Bonchev–Trinajstić information content (AvgIpc) is 1.96. The Morgan fingerprint density at radius 1 is 1.33 bits per heavy atom. The van der Waals surface area contributed by atoms with Gasteiger partial charge in [-0.1, -0.05) is 33.6 Å². The molecule has 1 atom stereocenters. The molecule has 0 aliphatic heterocycles. The lowest BCUT2D eigenvalue weighted by Crippen LogP contribution is -2.43. The minimum absolute atomic E-state index is 0.847. The molecule has 1 nitrogen and oxygen atoms in total. The summed E-state index contributed by atoms with van der Waals surface area (Å²) in [7, 11) is 0. The van der Waals surface area contributed by atoms with E-state index in [2.05, 4.69) is 26.1 Å². The van der Waals surface area contributed by atoms with E-state index in [1.807, 2.05) is 0 Å². The number of hydrogen-bond acceptors (Lipinski definition) is 1.